The summed E-state index contributed by atoms with van der Waals surface area (Å²) in [5, 5.41) is 4.67. The lowest BCUT2D eigenvalue weighted by atomic mass is 10.1. The van der Waals surface area contributed by atoms with E-state index in [9.17, 15) is 0 Å². The molecule has 0 aliphatic heterocycles. The van der Waals surface area contributed by atoms with Gasteiger partial charge >= 0.3 is 0 Å². The lowest BCUT2D eigenvalue weighted by Crippen LogP contribution is -1.96. The number of hydrogen-bond donors (Lipinski definition) is 0. The van der Waals surface area contributed by atoms with Crippen molar-refractivity contribution in [1.29, 1.82) is 0 Å². The largest absolute Gasteiger partial charge is 0.487 e. The zero-order valence-corrected chi connectivity index (χ0v) is 15.9. The Hall–Kier alpha value is -3.93. The van der Waals surface area contributed by atoms with E-state index < -0.39 is 0 Å². The maximum Gasteiger partial charge on any atom is 0.137 e. The molecule has 6 nitrogen and oxygen atoms in total. The maximum atomic E-state index is 5.89. The van der Waals surface area contributed by atoms with Crippen molar-refractivity contribution < 1.29 is 4.74 Å². The summed E-state index contributed by atoms with van der Waals surface area (Å²) in [7, 11) is 0. The summed E-state index contributed by atoms with van der Waals surface area (Å²) in [6, 6.07) is 19.8. The van der Waals surface area contributed by atoms with E-state index in [4.69, 9.17) is 4.74 Å². The molecule has 6 heteroatoms. The van der Waals surface area contributed by atoms with Crippen molar-refractivity contribution in [2.75, 3.05) is 0 Å². The number of aryl methyl sites for hydroxylation is 1. The molecular formula is C23H19N5O. The van der Waals surface area contributed by atoms with Gasteiger partial charge in [0, 0.05) is 36.0 Å². The number of benzene rings is 1. The van der Waals surface area contributed by atoms with Crippen molar-refractivity contribution in [3.63, 3.8) is 0 Å². The fourth-order valence-electron chi connectivity index (χ4n) is 3.23. The van der Waals surface area contributed by atoms with E-state index in [0.29, 0.717) is 6.61 Å². The molecular weight excluding hydrogens is 362 g/mol. The van der Waals surface area contributed by atoms with Crippen LogP contribution in [0.5, 0.6) is 5.75 Å². The molecule has 0 bridgehead atoms. The van der Waals surface area contributed by atoms with Gasteiger partial charge in [0.05, 0.1) is 17.1 Å². The van der Waals surface area contributed by atoms with Gasteiger partial charge in [0.1, 0.15) is 18.0 Å². The third-order valence-corrected chi connectivity index (χ3v) is 4.68. The van der Waals surface area contributed by atoms with Crippen molar-refractivity contribution in [2.24, 2.45) is 0 Å². The van der Waals surface area contributed by atoms with Crippen LogP contribution in [0, 0.1) is 6.92 Å². The van der Waals surface area contributed by atoms with Crippen LogP contribution >= 0.6 is 0 Å². The van der Waals surface area contributed by atoms with Crippen LogP contribution < -0.4 is 4.74 Å². The van der Waals surface area contributed by atoms with Gasteiger partial charge < -0.3 is 9.14 Å². The number of imidazole rings is 1. The number of ether oxygens (including phenoxy) is 1. The quantitative estimate of drug-likeness (QED) is 0.451. The summed E-state index contributed by atoms with van der Waals surface area (Å²) in [6.45, 7) is 2.40. The van der Waals surface area contributed by atoms with Crippen molar-refractivity contribution in [3.8, 4) is 22.7 Å². The van der Waals surface area contributed by atoms with Crippen molar-refractivity contribution in [1.82, 2.24) is 24.1 Å². The van der Waals surface area contributed by atoms with Gasteiger partial charge in [0.2, 0.25) is 0 Å². The molecule has 5 aromatic rings. The Morgan fingerprint density at radius 2 is 1.86 bits per heavy atom. The SMILES string of the molecule is Cc1cc(-n2ccc(-c3ccc(OCc4cn5ccccc5n4)cc3)n2)ccn1. The number of rotatable bonds is 5. The van der Waals surface area contributed by atoms with Crippen molar-refractivity contribution >= 4 is 5.65 Å². The monoisotopic (exact) mass is 381 g/mol. The molecule has 0 unspecified atom stereocenters. The van der Waals surface area contributed by atoms with E-state index in [1.807, 2.05) is 95.3 Å². The second kappa shape index (κ2) is 7.24. The molecule has 0 aliphatic rings. The highest BCUT2D eigenvalue weighted by molar-refractivity contribution is 5.60. The van der Waals surface area contributed by atoms with E-state index >= 15 is 0 Å². The smallest absolute Gasteiger partial charge is 0.137 e. The van der Waals surface area contributed by atoms with Gasteiger partial charge in [0.15, 0.2) is 0 Å². The Morgan fingerprint density at radius 1 is 0.966 bits per heavy atom. The Morgan fingerprint density at radius 3 is 2.69 bits per heavy atom. The number of aromatic nitrogens is 5. The van der Waals surface area contributed by atoms with Crippen LogP contribution in [0.1, 0.15) is 11.4 Å². The zero-order chi connectivity index (χ0) is 19.6. The van der Waals surface area contributed by atoms with E-state index in [0.717, 1.165) is 39.7 Å². The normalized spacial score (nSPS) is 11.1. The summed E-state index contributed by atoms with van der Waals surface area (Å²) in [5.74, 6) is 0.801. The highest BCUT2D eigenvalue weighted by Crippen LogP contribution is 2.22. The van der Waals surface area contributed by atoms with Crippen LogP contribution in [0.3, 0.4) is 0 Å². The van der Waals surface area contributed by atoms with E-state index in [1.165, 1.54) is 0 Å². The molecule has 5 rings (SSSR count). The molecule has 4 aromatic heterocycles. The lowest BCUT2D eigenvalue weighted by molar-refractivity contribution is 0.302. The predicted molar refractivity (Wildman–Crippen MR) is 111 cm³/mol. The van der Waals surface area contributed by atoms with Gasteiger partial charge in [-0.15, -0.1) is 0 Å². The van der Waals surface area contributed by atoms with Gasteiger partial charge in [-0.05, 0) is 61.5 Å². The summed E-state index contributed by atoms with van der Waals surface area (Å²) in [4.78, 5) is 8.78. The van der Waals surface area contributed by atoms with E-state index in [2.05, 4.69) is 15.1 Å². The first-order chi connectivity index (χ1) is 14.2. The standard InChI is InChI=1S/C23H19N5O/c1-17-14-20(9-11-24-17)28-13-10-22(26-28)18-5-7-21(8-6-18)29-16-19-15-27-12-3-2-4-23(27)25-19/h2-15H,16H2,1H3. The van der Waals surface area contributed by atoms with Crippen molar-refractivity contribution in [2.45, 2.75) is 13.5 Å². The first-order valence-electron chi connectivity index (χ1n) is 9.39. The van der Waals surface area contributed by atoms with E-state index in [-0.39, 0.29) is 0 Å². The van der Waals surface area contributed by atoms with Crippen LogP contribution in [-0.4, -0.2) is 24.1 Å². The first kappa shape index (κ1) is 17.2. The summed E-state index contributed by atoms with van der Waals surface area (Å²) < 4.78 is 9.74. The minimum Gasteiger partial charge on any atom is -0.487 e. The second-order valence-electron chi connectivity index (χ2n) is 6.81. The highest BCUT2D eigenvalue weighted by atomic mass is 16.5. The third kappa shape index (κ3) is 3.60. The topological polar surface area (TPSA) is 57.2 Å². The molecule has 0 fully saturated rings. The van der Waals surface area contributed by atoms with Crippen LogP contribution in [0.15, 0.2) is 85.5 Å². The number of hydrogen-bond acceptors (Lipinski definition) is 4. The summed E-state index contributed by atoms with van der Waals surface area (Å²) in [6.07, 6.45) is 7.71. The maximum absolute atomic E-state index is 5.89. The highest BCUT2D eigenvalue weighted by Gasteiger charge is 2.06. The van der Waals surface area contributed by atoms with Crippen LogP contribution in [-0.2, 0) is 6.61 Å². The zero-order valence-electron chi connectivity index (χ0n) is 15.9. The molecule has 1 aromatic carbocycles. The number of pyridine rings is 2. The molecule has 0 radical (unpaired) electrons. The average molecular weight is 381 g/mol. The van der Waals surface area contributed by atoms with Gasteiger partial charge in [0.25, 0.3) is 0 Å². The first-order valence-corrected chi connectivity index (χ1v) is 9.39. The van der Waals surface area contributed by atoms with Crippen molar-refractivity contribution in [3.05, 3.63) is 96.8 Å². The lowest BCUT2D eigenvalue weighted by Gasteiger charge is -2.05. The summed E-state index contributed by atoms with van der Waals surface area (Å²) in [5.41, 5.74) is 5.72. The van der Waals surface area contributed by atoms with Gasteiger partial charge in [-0.2, -0.15) is 5.10 Å². The molecule has 142 valence electrons. The van der Waals surface area contributed by atoms with Gasteiger partial charge in [-0.25, -0.2) is 9.67 Å². The Kier molecular flexibility index (Phi) is 4.29. The van der Waals surface area contributed by atoms with Crippen LogP contribution in [0.2, 0.25) is 0 Å². The van der Waals surface area contributed by atoms with Gasteiger partial charge in [-0.1, -0.05) is 6.07 Å². The number of nitrogens with zero attached hydrogens (tertiary/aromatic N) is 5. The third-order valence-electron chi connectivity index (χ3n) is 4.68. The molecule has 29 heavy (non-hydrogen) atoms. The fraction of sp³-hybridized carbons (Fsp3) is 0.0870. The Bertz CT molecular complexity index is 1240. The summed E-state index contributed by atoms with van der Waals surface area (Å²) >= 11 is 0. The molecule has 0 saturated carbocycles. The predicted octanol–water partition coefficient (Wildman–Crippen LogP) is 4.47. The molecule has 0 saturated heterocycles. The Labute approximate surface area is 168 Å². The fourth-order valence-corrected chi connectivity index (χ4v) is 3.23. The Balaban J connectivity index is 1.29. The molecule has 0 N–H and O–H groups in total. The van der Waals surface area contributed by atoms with Gasteiger partial charge in [-0.3, -0.25) is 4.98 Å². The minimum atomic E-state index is 0.428. The molecule has 0 atom stereocenters. The molecule has 0 spiro atoms. The van der Waals surface area contributed by atoms with E-state index in [1.54, 1.807) is 6.20 Å². The second-order valence-corrected chi connectivity index (χ2v) is 6.81. The molecule has 0 amide bonds. The average Bonchev–Trinajstić information content (AvgIpc) is 3.40. The molecule has 4 heterocycles. The molecule has 0 aliphatic carbocycles. The minimum absolute atomic E-state index is 0.428. The number of fused-ring (bicyclic) bond motifs is 1. The van der Waals surface area contributed by atoms with Crippen LogP contribution in [0.25, 0.3) is 22.6 Å². The van der Waals surface area contributed by atoms with Crippen LogP contribution in [0.4, 0.5) is 0 Å².